The topological polar surface area (TPSA) is 86.6 Å². The standard InChI is InChI=1S/C11H15N.C4H4O4/c1-9-7-8-11(12-9)10-5-3-2-4-6-10;5-3(6)1-2-4(7)8/h2-6,9,11-12H,7-8H2,1H3;1-2H,(H,5,6)(H,7,8). The molecule has 3 N–H and O–H groups in total. The highest BCUT2D eigenvalue weighted by Gasteiger charge is 2.20. The van der Waals surface area contributed by atoms with E-state index in [-0.39, 0.29) is 0 Å². The summed E-state index contributed by atoms with van der Waals surface area (Å²) >= 11 is 0. The maximum absolute atomic E-state index is 9.55. The molecule has 1 heterocycles. The lowest BCUT2D eigenvalue weighted by Gasteiger charge is -2.11. The third-order valence-electron chi connectivity index (χ3n) is 2.94. The Balaban J connectivity index is 0.000000221. The van der Waals surface area contributed by atoms with E-state index in [1.54, 1.807) is 0 Å². The molecule has 1 fully saturated rings. The Morgan fingerprint density at radius 1 is 1.10 bits per heavy atom. The van der Waals surface area contributed by atoms with Crippen molar-refractivity contribution in [1.82, 2.24) is 5.32 Å². The maximum Gasteiger partial charge on any atom is 0.328 e. The van der Waals surface area contributed by atoms with Crippen LogP contribution in [0.25, 0.3) is 0 Å². The van der Waals surface area contributed by atoms with Gasteiger partial charge in [0.15, 0.2) is 0 Å². The molecule has 0 bridgehead atoms. The molecule has 0 saturated carbocycles. The predicted octanol–water partition coefficient (Wildman–Crippen LogP) is 2.21. The van der Waals surface area contributed by atoms with Crippen molar-refractivity contribution in [3.05, 3.63) is 48.0 Å². The lowest BCUT2D eigenvalue weighted by molar-refractivity contribution is -0.134. The first-order valence-electron chi connectivity index (χ1n) is 6.44. The Hall–Kier alpha value is -2.14. The van der Waals surface area contributed by atoms with Gasteiger partial charge in [-0.3, -0.25) is 0 Å². The fourth-order valence-electron chi connectivity index (χ4n) is 2.02. The van der Waals surface area contributed by atoms with Crippen LogP contribution in [0, 0.1) is 0 Å². The van der Waals surface area contributed by atoms with E-state index in [1.807, 2.05) is 0 Å². The number of nitrogens with one attached hydrogen (secondary N) is 1. The van der Waals surface area contributed by atoms with Crippen LogP contribution in [0.4, 0.5) is 0 Å². The molecular weight excluding hydrogens is 258 g/mol. The molecule has 0 aliphatic carbocycles. The van der Waals surface area contributed by atoms with Crippen molar-refractivity contribution in [1.29, 1.82) is 0 Å². The van der Waals surface area contributed by atoms with Gasteiger partial charge in [0.1, 0.15) is 0 Å². The average Bonchev–Trinajstić information content (AvgIpc) is 2.85. The van der Waals surface area contributed by atoms with Gasteiger partial charge in [0.2, 0.25) is 0 Å². The second-order valence-electron chi connectivity index (χ2n) is 4.62. The highest BCUT2D eigenvalue weighted by Crippen LogP contribution is 2.25. The monoisotopic (exact) mass is 277 g/mol. The summed E-state index contributed by atoms with van der Waals surface area (Å²) in [5, 5.41) is 19.2. The molecule has 20 heavy (non-hydrogen) atoms. The van der Waals surface area contributed by atoms with Gasteiger partial charge in [-0.1, -0.05) is 30.3 Å². The van der Waals surface area contributed by atoms with Crippen LogP contribution in [0.3, 0.4) is 0 Å². The normalized spacial score (nSPS) is 21.2. The molecule has 0 radical (unpaired) electrons. The van der Waals surface area contributed by atoms with E-state index in [4.69, 9.17) is 10.2 Å². The lowest BCUT2D eigenvalue weighted by atomic mass is 10.1. The number of carbonyl (C=O) groups is 2. The lowest BCUT2D eigenvalue weighted by Crippen LogP contribution is -2.20. The summed E-state index contributed by atoms with van der Waals surface area (Å²) in [5.74, 6) is -2.51. The summed E-state index contributed by atoms with van der Waals surface area (Å²) < 4.78 is 0. The van der Waals surface area contributed by atoms with Crippen LogP contribution in [0.5, 0.6) is 0 Å². The molecule has 0 aromatic heterocycles. The summed E-state index contributed by atoms with van der Waals surface area (Å²) in [6.07, 6.45) is 3.70. The van der Waals surface area contributed by atoms with Crippen LogP contribution in [0.2, 0.25) is 0 Å². The van der Waals surface area contributed by atoms with E-state index >= 15 is 0 Å². The largest absolute Gasteiger partial charge is 0.478 e. The smallest absolute Gasteiger partial charge is 0.328 e. The minimum Gasteiger partial charge on any atom is -0.478 e. The summed E-state index contributed by atoms with van der Waals surface area (Å²) in [7, 11) is 0. The van der Waals surface area contributed by atoms with Crippen LogP contribution in [-0.2, 0) is 9.59 Å². The third kappa shape index (κ3) is 6.15. The molecule has 2 atom stereocenters. The van der Waals surface area contributed by atoms with Gasteiger partial charge in [-0.25, -0.2) is 9.59 Å². The van der Waals surface area contributed by atoms with Gasteiger partial charge in [-0.05, 0) is 25.3 Å². The van der Waals surface area contributed by atoms with Gasteiger partial charge < -0.3 is 15.5 Å². The second-order valence-corrected chi connectivity index (χ2v) is 4.62. The summed E-state index contributed by atoms with van der Waals surface area (Å²) in [6.45, 7) is 2.25. The summed E-state index contributed by atoms with van der Waals surface area (Å²) in [6, 6.07) is 12.0. The van der Waals surface area contributed by atoms with Crippen molar-refractivity contribution >= 4 is 11.9 Å². The zero-order chi connectivity index (χ0) is 15.0. The molecule has 0 spiro atoms. The predicted molar refractivity (Wildman–Crippen MR) is 75.4 cm³/mol. The zero-order valence-electron chi connectivity index (χ0n) is 11.3. The second kappa shape index (κ2) is 8.12. The molecule has 2 rings (SSSR count). The van der Waals surface area contributed by atoms with Gasteiger partial charge in [-0.2, -0.15) is 0 Å². The van der Waals surface area contributed by atoms with E-state index in [0.29, 0.717) is 24.2 Å². The third-order valence-corrected chi connectivity index (χ3v) is 2.94. The van der Waals surface area contributed by atoms with E-state index in [9.17, 15) is 9.59 Å². The van der Waals surface area contributed by atoms with Gasteiger partial charge >= 0.3 is 11.9 Å². The molecular formula is C15H19NO4. The number of aliphatic carboxylic acids is 2. The van der Waals surface area contributed by atoms with Gasteiger partial charge in [0.05, 0.1) is 0 Å². The molecule has 5 nitrogen and oxygen atoms in total. The Bertz CT molecular complexity index is 454. The number of carboxylic acid groups (broad SMARTS) is 2. The zero-order valence-corrected chi connectivity index (χ0v) is 11.3. The van der Waals surface area contributed by atoms with E-state index in [1.165, 1.54) is 18.4 Å². The minimum atomic E-state index is -1.26. The SMILES string of the molecule is CC1CCC(c2ccccc2)N1.O=C(O)C=CC(=O)O. The van der Waals surface area contributed by atoms with E-state index in [0.717, 1.165) is 0 Å². The van der Waals surface area contributed by atoms with Crippen LogP contribution < -0.4 is 5.32 Å². The fraction of sp³-hybridized carbons (Fsp3) is 0.333. The summed E-state index contributed by atoms with van der Waals surface area (Å²) in [4.78, 5) is 19.1. The Morgan fingerprint density at radius 2 is 1.65 bits per heavy atom. The molecule has 1 aromatic rings. The molecule has 1 saturated heterocycles. The first kappa shape index (κ1) is 15.9. The molecule has 5 heteroatoms. The number of benzene rings is 1. The molecule has 1 aromatic carbocycles. The number of hydrogen-bond acceptors (Lipinski definition) is 3. The Labute approximate surface area is 117 Å². The first-order chi connectivity index (χ1) is 9.49. The highest BCUT2D eigenvalue weighted by molar-refractivity contribution is 5.89. The van der Waals surface area contributed by atoms with Crippen LogP contribution >= 0.6 is 0 Å². The molecule has 1 aliphatic rings. The molecule has 0 amide bonds. The maximum atomic E-state index is 9.55. The molecule has 108 valence electrons. The van der Waals surface area contributed by atoms with Crippen molar-refractivity contribution in [2.24, 2.45) is 0 Å². The quantitative estimate of drug-likeness (QED) is 0.737. The van der Waals surface area contributed by atoms with Crippen molar-refractivity contribution in [3.8, 4) is 0 Å². The minimum absolute atomic E-state index is 0.558. The van der Waals surface area contributed by atoms with Crippen molar-refractivity contribution in [2.45, 2.75) is 31.8 Å². The first-order valence-corrected chi connectivity index (χ1v) is 6.44. The highest BCUT2D eigenvalue weighted by atomic mass is 16.4. The Kier molecular flexibility index (Phi) is 6.46. The van der Waals surface area contributed by atoms with Gasteiger partial charge in [0, 0.05) is 24.2 Å². The van der Waals surface area contributed by atoms with Gasteiger partial charge in [-0.15, -0.1) is 0 Å². The molecule has 2 unspecified atom stereocenters. The van der Waals surface area contributed by atoms with Crippen molar-refractivity contribution < 1.29 is 19.8 Å². The average molecular weight is 277 g/mol. The van der Waals surface area contributed by atoms with Crippen molar-refractivity contribution in [2.75, 3.05) is 0 Å². The molecule has 1 aliphatic heterocycles. The van der Waals surface area contributed by atoms with Gasteiger partial charge in [0.25, 0.3) is 0 Å². The van der Waals surface area contributed by atoms with Crippen LogP contribution in [-0.4, -0.2) is 28.2 Å². The van der Waals surface area contributed by atoms with E-state index < -0.39 is 11.9 Å². The van der Waals surface area contributed by atoms with E-state index in [2.05, 4.69) is 42.6 Å². The fourth-order valence-corrected chi connectivity index (χ4v) is 2.02. The van der Waals surface area contributed by atoms with Crippen molar-refractivity contribution in [3.63, 3.8) is 0 Å². The Morgan fingerprint density at radius 3 is 2.05 bits per heavy atom. The summed E-state index contributed by atoms with van der Waals surface area (Å²) in [5.41, 5.74) is 1.43. The van der Waals surface area contributed by atoms with Crippen LogP contribution in [0.15, 0.2) is 42.5 Å². The number of hydrogen-bond donors (Lipinski definition) is 3. The number of carboxylic acids is 2. The van der Waals surface area contributed by atoms with Crippen LogP contribution in [0.1, 0.15) is 31.4 Å². The number of rotatable bonds is 3.